The van der Waals surface area contributed by atoms with Crippen molar-refractivity contribution in [3.05, 3.63) is 35.7 Å². The number of nitrogens with zero attached hydrogens (tertiary/aromatic N) is 2. The van der Waals surface area contributed by atoms with Gasteiger partial charge in [-0.2, -0.15) is 0 Å². The first-order valence-corrected chi connectivity index (χ1v) is 4.65. The molecule has 2 nitrogen and oxygen atoms in total. The normalized spacial score (nSPS) is 14.1. The summed E-state index contributed by atoms with van der Waals surface area (Å²) in [5, 5.41) is 0. The number of hydrogen-bond donors (Lipinski definition) is 0. The molecule has 0 aromatic carbocycles. The molecule has 0 rings (SSSR count). The van der Waals surface area contributed by atoms with E-state index >= 15 is 0 Å². The molecule has 0 aliphatic carbocycles. The Kier molecular flexibility index (Phi) is 6.57. The third kappa shape index (κ3) is 4.78. The van der Waals surface area contributed by atoms with Gasteiger partial charge in [-0.3, -0.25) is 4.99 Å². The highest BCUT2D eigenvalue weighted by atomic mass is 14.8. The smallest absolute Gasteiger partial charge is 0.0878 e. The van der Waals surface area contributed by atoms with E-state index in [0.29, 0.717) is 0 Å². The van der Waals surface area contributed by atoms with Gasteiger partial charge in [-0.1, -0.05) is 24.7 Å². The average Bonchev–Trinajstić information content (AvgIpc) is 2.19. The lowest BCUT2D eigenvalue weighted by Crippen LogP contribution is -1.87. The molecule has 0 spiro atoms. The van der Waals surface area contributed by atoms with Gasteiger partial charge in [0.2, 0.25) is 0 Å². The van der Waals surface area contributed by atoms with Crippen LogP contribution in [-0.4, -0.2) is 12.4 Å². The molecule has 2 heteroatoms. The molecule has 0 aliphatic rings. The SMILES string of the molecule is C#CC=NC(/C(C)=C/C=C)=C(\C)N=CC. The van der Waals surface area contributed by atoms with Crippen LogP contribution < -0.4 is 0 Å². The number of hydrogen-bond acceptors (Lipinski definition) is 2. The van der Waals surface area contributed by atoms with Gasteiger partial charge in [0.15, 0.2) is 0 Å². The molecule has 0 bridgehead atoms. The minimum absolute atomic E-state index is 0.783. The Hall–Kier alpha value is -1.88. The van der Waals surface area contributed by atoms with Crippen molar-refractivity contribution in [2.24, 2.45) is 9.98 Å². The van der Waals surface area contributed by atoms with Crippen molar-refractivity contribution in [1.82, 2.24) is 0 Å². The summed E-state index contributed by atoms with van der Waals surface area (Å²) in [6.07, 6.45) is 11.9. The summed E-state index contributed by atoms with van der Waals surface area (Å²) in [7, 11) is 0. The highest BCUT2D eigenvalue weighted by Gasteiger charge is 2.00. The highest BCUT2D eigenvalue weighted by molar-refractivity contribution is 5.78. The van der Waals surface area contributed by atoms with Crippen LogP contribution in [0.15, 0.2) is 45.7 Å². The Balaban J connectivity index is 5.33. The Morgan fingerprint density at radius 3 is 2.47 bits per heavy atom. The molecule has 0 radical (unpaired) electrons. The summed E-state index contributed by atoms with van der Waals surface area (Å²) in [5.74, 6) is 2.36. The van der Waals surface area contributed by atoms with Crippen LogP contribution in [0.3, 0.4) is 0 Å². The van der Waals surface area contributed by atoms with Crippen LogP contribution >= 0.6 is 0 Å². The second kappa shape index (κ2) is 7.52. The molecule has 15 heavy (non-hydrogen) atoms. The van der Waals surface area contributed by atoms with E-state index in [1.807, 2.05) is 26.8 Å². The number of aliphatic imine (C=N–C) groups is 2. The molecule has 0 unspecified atom stereocenters. The summed E-state index contributed by atoms with van der Waals surface area (Å²) in [6.45, 7) is 9.34. The van der Waals surface area contributed by atoms with Crippen LogP contribution in [0.4, 0.5) is 0 Å². The lowest BCUT2D eigenvalue weighted by molar-refractivity contribution is 1.16. The van der Waals surface area contributed by atoms with Crippen molar-refractivity contribution in [2.45, 2.75) is 20.8 Å². The maximum Gasteiger partial charge on any atom is 0.0878 e. The summed E-state index contributed by atoms with van der Waals surface area (Å²) in [6, 6.07) is 0. The molecule has 0 saturated carbocycles. The van der Waals surface area contributed by atoms with Crippen molar-refractivity contribution >= 4 is 12.4 Å². The first kappa shape index (κ1) is 13.1. The Morgan fingerprint density at radius 2 is 2.00 bits per heavy atom. The minimum atomic E-state index is 0.783. The standard InChI is InChI=1S/C13H16N2/c1-6-9-11(4)13(15-10-7-2)12(5)14-8-3/h2,6,8-10H,1H2,3-5H3/b11-9+,13-12+,14-8?,15-10?. The molecule has 0 atom stereocenters. The molecule has 0 aliphatic heterocycles. The monoisotopic (exact) mass is 200 g/mol. The number of allylic oxidation sites excluding steroid dienone is 4. The van der Waals surface area contributed by atoms with Crippen LogP contribution in [0.2, 0.25) is 0 Å². The van der Waals surface area contributed by atoms with Gasteiger partial charge in [-0.25, -0.2) is 4.99 Å². The Morgan fingerprint density at radius 1 is 1.33 bits per heavy atom. The van der Waals surface area contributed by atoms with Crippen molar-refractivity contribution in [3.8, 4) is 12.3 Å². The van der Waals surface area contributed by atoms with E-state index in [-0.39, 0.29) is 0 Å². The second-order valence-corrected chi connectivity index (χ2v) is 2.83. The van der Waals surface area contributed by atoms with Gasteiger partial charge in [0.1, 0.15) is 0 Å². The molecule has 0 heterocycles. The Labute approximate surface area is 91.8 Å². The van der Waals surface area contributed by atoms with Gasteiger partial charge in [0.25, 0.3) is 0 Å². The zero-order valence-corrected chi connectivity index (χ0v) is 9.49. The highest BCUT2D eigenvalue weighted by Crippen LogP contribution is 2.16. The lowest BCUT2D eigenvalue weighted by Gasteiger charge is -2.03. The molecule has 0 amide bonds. The van der Waals surface area contributed by atoms with Crippen molar-refractivity contribution < 1.29 is 0 Å². The summed E-state index contributed by atoms with van der Waals surface area (Å²) < 4.78 is 0. The second-order valence-electron chi connectivity index (χ2n) is 2.83. The third-order valence-electron chi connectivity index (χ3n) is 1.68. The van der Waals surface area contributed by atoms with E-state index in [0.717, 1.165) is 17.0 Å². The number of rotatable bonds is 4. The molecule has 0 aromatic heterocycles. The molecular formula is C13H16N2. The minimum Gasteiger partial charge on any atom is -0.264 e. The molecule has 0 saturated heterocycles. The zero-order valence-electron chi connectivity index (χ0n) is 9.49. The largest absolute Gasteiger partial charge is 0.264 e. The fraction of sp³-hybridized carbons (Fsp3) is 0.231. The van der Waals surface area contributed by atoms with E-state index in [1.54, 1.807) is 12.3 Å². The maximum atomic E-state index is 5.13. The van der Waals surface area contributed by atoms with Gasteiger partial charge in [-0.05, 0) is 26.3 Å². The third-order valence-corrected chi connectivity index (χ3v) is 1.68. The van der Waals surface area contributed by atoms with Crippen LogP contribution in [0.1, 0.15) is 20.8 Å². The lowest BCUT2D eigenvalue weighted by atomic mass is 10.2. The molecule has 78 valence electrons. The van der Waals surface area contributed by atoms with E-state index in [2.05, 4.69) is 22.5 Å². The van der Waals surface area contributed by atoms with Gasteiger partial charge >= 0.3 is 0 Å². The van der Waals surface area contributed by atoms with Gasteiger partial charge in [0.05, 0.1) is 17.6 Å². The summed E-state index contributed by atoms with van der Waals surface area (Å²) in [5.41, 5.74) is 2.60. The quantitative estimate of drug-likeness (QED) is 0.378. The zero-order chi connectivity index (χ0) is 11.7. The first-order chi connectivity index (χ1) is 7.17. The topological polar surface area (TPSA) is 24.7 Å². The van der Waals surface area contributed by atoms with Crippen molar-refractivity contribution in [1.29, 1.82) is 0 Å². The first-order valence-electron chi connectivity index (χ1n) is 4.65. The van der Waals surface area contributed by atoms with Crippen LogP contribution in [0.25, 0.3) is 0 Å². The fourth-order valence-electron chi connectivity index (χ4n) is 1.09. The van der Waals surface area contributed by atoms with Crippen LogP contribution in [-0.2, 0) is 0 Å². The van der Waals surface area contributed by atoms with Crippen molar-refractivity contribution in [3.63, 3.8) is 0 Å². The average molecular weight is 200 g/mol. The Bertz CT molecular complexity index is 374. The van der Waals surface area contributed by atoms with Gasteiger partial charge in [0, 0.05) is 6.21 Å². The van der Waals surface area contributed by atoms with Crippen LogP contribution in [0.5, 0.6) is 0 Å². The summed E-state index contributed by atoms with van der Waals surface area (Å²) >= 11 is 0. The molecule has 0 aromatic rings. The van der Waals surface area contributed by atoms with Gasteiger partial charge < -0.3 is 0 Å². The van der Waals surface area contributed by atoms with E-state index < -0.39 is 0 Å². The maximum absolute atomic E-state index is 5.13. The van der Waals surface area contributed by atoms with E-state index in [9.17, 15) is 0 Å². The predicted octanol–water partition coefficient (Wildman–Crippen LogP) is 3.14. The summed E-state index contributed by atoms with van der Waals surface area (Å²) in [4.78, 5) is 8.35. The van der Waals surface area contributed by atoms with E-state index in [1.165, 1.54) is 6.21 Å². The van der Waals surface area contributed by atoms with Gasteiger partial charge in [-0.15, -0.1) is 6.42 Å². The molecule has 0 N–H and O–H groups in total. The molecule has 0 fully saturated rings. The number of terminal acetylenes is 1. The van der Waals surface area contributed by atoms with E-state index in [4.69, 9.17) is 6.42 Å². The predicted molar refractivity (Wildman–Crippen MR) is 68.1 cm³/mol. The fourth-order valence-corrected chi connectivity index (χ4v) is 1.09. The molecular weight excluding hydrogens is 184 g/mol. The van der Waals surface area contributed by atoms with Crippen LogP contribution in [0, 0.1) is 12.3 Å². The van der Waals surface area contributed by atoms with Crippen molar-refractivity contribution in [2.75, 3.05) is 0 Å².